The van der Waals surface area contributed by atoms with E-state index in [1.165, 1.54) is 28.9 Å². The van der Waals surface area contributed by atoms with Crippen LogP contribution >= 0.6 is 11.8 Å². The third-order valence-electron chi connectivity index (χ3n) is 5.42. The van der Waals surface area contributed by atoms with E-state index in [1.807, 2.05) is 24.0 Å². The lowest BCUT2D eigenvalue weighted by molar-refractivity contribution is 0.355. The molecule has 2 aromatic carbocycles. The van der Waals surface area contributed by atoms with Gasteiger partial charge in [0, 0.05) is 27.8 Å². The van der Waals surface area contributed by atoms with E-state index in [0.29, 0.717) is 5.92 Å². The summed E-state index contributed by atoms with van der Waals surface area (Å²) in [4.78, 5) is 5.97. The molecule has 0 N–H and O–H groups in total. The summed E-state index contributed by atoms with van der Waals surface area (Å²) in [7, 11) is 3.34. The summed E-state index contributed by atoms with van der Waals surface area (Å²) in [5, 5.41) is 1.99. The number of thioether (sulfide) groups is 1. The highest BCUT2D eigenvalue weighted by atomic mass is 32.2. The molecule has 28 heavy (non-hydrogen) atoms. The average molecular weight is 394 g/mol. The Morgan fingerprint density at radius 1 is 1.07 bits per heavy atom. The number of ether oxygens (including phenoxy) is 2. The molecule has 1 aromatic heterocycles. The van der Waals surface area contributed by atoms with Crippen LogP contribution in [0.4, 0.5) is 0 Å². The highest BCUT2D eigenvalue weighted by Gasteiger charge is 2.22. The monoisotopic (exact) mass is 393 g/mol. The predicted molar refractivity (Wildman–Crippen MR) is 117 cm³/mol. The van der Waals surface area contributed by atoms with Crippen molar-refractivity contribution < 1.29 is 9.47 Å². The van der Waals surface area contributed by atoms with Crippen LogP contribution in [0, 0.1) is 0 Å². The maximum atomic E-state index is 5.53. The Bertz CT molecular complexity index is 968. The molecule has 3 aromatic rings. The number of nitrogens with zero attached hydrogens (tertiary/aromatic N) is 1. The smallest absolute Gasteiger partial charge is 0.162 e. The third kappa shape index (κ3) is 4.12. The molecule has 0 saturated heterocycles. The fourth-order valence-electron chi connectivity index (χ4n) is 3.73. The van der Waals surface area contributed by atoms with Crippen LogP contribution in [0.25, 0.3) is 10.9 Å². The summed E-state index contributed by atoms with van der Waals surface area (Å²) in [5.74, 6) is 1.91. The van der Waals surface area contributed by atoms with Gasteiger partial charge in [0.2, 0.25) is 0 Å². The molecule has 1 unspecified atom stereocenters. The van der Waals surface area contributed by atoms with E-state index in [2.05, 4.69) is 48.3 Å². The summed E-state index contributed by atoms with van der Waals surface area (Å²) in [6.07, 6.45) is 6.74. The highest BCUT2D eigenvalue weighted by molar-refractivity contribution is 8.00. The van der Waals surface area contributed by atoms with Gasteiger partial charge in [-0.15, -0.1) is 11.8 Å². The van der Waals surface area contributed by atoms with E-state index in [0.717, 1.165) is 40.5 Å². The first kappa shape index (κ1) is 19.1. The average Bonchev–Trinajstić information content (AvgIpc) is 3.54. The molecule has 146 valence electrons. The minimum absolute atomic E-state index is 0.435. The fourth-order valence-corrected chi connectivity index (χ4v) is 4.87. The topological polar surface area (TPSA) is 31.4 Å². The van der Waals surface area contributed by atoms with Crippen molar-refractivity contribution in [1.82, 2.24) is 4.98 Å². The van der Waals surface area contributed by atoms with Crippen molar-refractivity contribution in [2.24, 2.45) is 0 Å². The molecular weight excluding hydrogens is 366 g/mol. The minimum Gasteiger partial charge on any atom is -0.493 e. The molecule has 0 bridgehead atoms. The Labute approximate surface area is 171 Å². The molecule has 0 amide bonds. The van der Waals surface area contributed by atoms with Crippen LogP contribution in [0.2, 0.25) is 0 Å². The van der Waals surface area contributed by atoms with Gasteiger partial charge in [-0.05, 0) is 67.0 Å². The number of methoxy groups -OCH3 is 2. The van der Waals surface area contributed by atoms with E-state index < -0.39 is 0 Å². The van der Waals surface area contributed by atoms with Gasteiger partial charge < -0.3 is 9.47 Å². The second-order valence-corrected chi connectivity index (χ2v) is 8.77. The van der Waals surface area contributed by atoms with Crippen LogP contribution in [0.3, 0.4) is 0 Å². The number of fused-ring (bicyclic) bond motifs is 1. The number of pyridine rings is 1. The molecular formula is C24H27NO2S. The highest BCUT2D eigenvalue weighted by Crippen LogP contribution is 2.40. The number of aromatic nitrogens is 1. The van der Waals surface area contributed by atoms with Gasteiger partial charge in [-0.25, -0.2) is 0 Å². The second-order valence-electron chi connectivity index (χ2n) is 7.40. The number of hydrogen-bond donors (Lipinski definition) is 0. The lowest BCUT2D eigenvalue weighted by Gasteiger charge is -2.19. The van der Waals surface area contributed by atoms with E-state index in [-0.39, 0.29) is 0 Å². The molecule has 0 aliphatic heterocycles. The molecule has 4 rings (SSSR count). The lowest BCUT2D eigenvalue weighted by Crippen LogP contribution is -2.04. The normalized spacial score (nSPS) is 14.8. The SMILES string of the molecule is CCC(Cc1cccc(SC2CC2)c1)c1ccnc2cc(OC)c(OC)cc12. The first-order valence-electron chi connectivity index (χ1n) is 9.98. The largest absolute Gasteiger partial charge is 0.493 e. The molecule has 1 fully saturated rings. The Balaban J connectivity index is 1.66. The van der Waals surface area contributed by atoms with Crippen molar-refractivity contribution in [2.45, 2.75) is 48.7 Å². The van der Waals surface area contributed by atoms with E-state index in [4.69, 9.17) is 9.47 Å². The zero-order chi connectivity index (χ0) is 19.5. The van der Waals surface area contributed by atoms with Crippen molar-refractivity contribution in [3.63, 3.8) is 0 Å². The second kappa shape index (κ2) is 8.44. The zero-order valence-electron chi connectivity index (χ0n) is 16.8. The Morgan fingerprint density at radius 3 is 2.57 bits per heavy atom. The minimum atomic E-state index is 0.435. The summed E-state index contributed by atoms with van der Waals surface area (Å²) in [6.45, 7) is 2.26. The van der Waals surface area contributed by atoms with Gasteiger partial charge >= 0.3 is 0 Å². The first-order valence-corrected chi connectivity index (χ1v) is 10.9. The molecule has 0 radical (unpaired) electrons. The molecule has 1 aliphatic carbocycles. The molecule has 1 saturated carbocycles. The molecule has 0 spiro atoms. The van der Waals surface area contributed by atoms with E-state index >= 15 is 0 Å². The Morgan fingerprint density at radius 2 is 1.86 bits per heavy atom. The van der Waals surface area contributed by atoms with Crippen molar-refractivity contribution in [3.8, 4) is 11.5 Å². The fraction of sp³-hybridized carbons (Fsp3) is 0.375. The molecule has 1 aliphatic rings. The van der Waals surface area contributed by atoms with Crippen molar-refractivity contribution in [1.29, 1.82) is 0 Å². The zero-order valence-corrected chi connectivity index (χ0v) is 17.6. The standard InChI is InChI=1S/C24H27NO2S/c1-4-17(12-16-6-5-7-19(13-16)28-18-8-9-18)20-10-11-25-22-15-24(27-3)23(26-2)14-21(20)22/h5-7,10-11,13-15,17-18H,4,8-9,12H2,1-3H3. The van der Waals surface area contributed by atoms with Gasteiger partial charge in [0.25, 0.3) is 0 Å². The summed E-state index contributed by atoms with van der Waals surface area (Å²) >= 11 is 2.03. The Hall–Kier alpha value is -2.20. The maximum Gasteiger partial charge on any atom is 0.162 e. The van der Waals surface area contributed by atoms with Crippen molar-refractivity contribution in [2.75, 3.05) is 14.2 Å². The van der Waals surface area contributed by atoms with Gasteiger partial charge in [0.1, 0.15) is 0 Å². The van der Waals surface area contributed by atoms with Crippen LogP contribution in [-0.2, 0) is 6.42 Å². The summed E-state index contributed by atoms with van der Waals surface area (Å²) in [6, 6.07) is 15.3. The number of rotatable bonds is 8. The number of hydrogen-bond acceptors (Lipinski definition) is 4. The van der Waals surface area contributed by atoms with Crippen LogP contribution in [0.15, 0.2) is 53.6 Å². The van der Waals surface area contributed by atoms with E-state index in [1.54, 1.807) is 14.2 Å². The maximum absolute atomic E-state index is 5.53. The summed E-state index contributed by atoms with van der Waals surface area (Å²) < 4.78 is 11.0. The van der Waals surface area contributed by atoms with Gasteiger partial charge in [0.05, 0.1) is 19.7 Å². The quantitative estimate of drug-likeness (QED) is 0.453. The molecule has 3 nitrogen and oxygen atoms in total. The van der Waals surface area contributed by atoms with Crippen molar-refractivity contribution in [3.05, 3.63) is 59.8 Å². The van der Waals surface area contributed by atoms with Gasteiger partial charge in [0.15, 0.2) is 11.5 Å². The Kier molecular flexibility index (Phi) is 5.77. The van der Waals surface area contributed by atoms with Gasteiger partial charge in [-0.3, -0.25) is 4.98 Å². The molecule has 1 atom stereocenters. The van der Waals surface area contributed by atoms with Crippen LogP contribution in [-0.4, -0.2) is 24.5 Å². The third-order valence-corrected chi connectivity index (χ3v) is 6.75. The lowest BCUT2D eigenvalue weighted by atomic mass is 9.88. The van der Waals surface area contributed by atoms with Gasteiger partial charge in [-0.1, -0.05) is 19.1 Å². The van der Waals surface area contributed by atoms with Crippen LogP contribution in [0.1, 0.15) is 43.2 Å². The van der Waals surface area contributed by atoms with Gasteiger partial charge in [-0.2, -0.15) is 0 Å². The summed E-state index contributed by atoms with van der Waals surface area (Å²) in [5.41, 5.74) is 3.68. The van der Waals surface area contributed by atoms with Crippen LogP contribution < -0.4 is 9.47 Å². The predicted octanol–water partition coefficient (Wildman–Crippen LogP) is 6.24. The van der Waals surface area contributed by atoms with Crippen LogP contribution in [0.5, 0.6) is 11.5 Å². The number of benzene rings is 2. The molecule has 4 heteroatoms. The van der Waals surface area contributed by atoms with Crippen molar-refractivity contribution >= 4 is 22.7 Å². The molecule has 1 heterocycles. The first-order chi connectivity index (χ1) is 13.7. The van der Waals surface area contributed by atoms with E-state index in [9.17, 15) is 0 Å².